The fraction of sp³-hybridized carbons (Fsp3) is 0.320. The minimum Gasteiger partial charge on any atom is -0.475 e. The highest BCUT2D eigenvalue weighted by molar-refractivity contribution is 6.28. The van der Waals surface area contributed by atoms with Crippen LogP contribution in [0, 0.1) is 0 Å². The van der Waals surface area contributed by atoms with Crippen molar-refractivity contribution in [1.82, 2.24) is 14.9 Å². The number of carbonyl (C=O) groups is 1. The van der Waals surface area contributed by atoms with Gasteiger partial charge in [-0.05, 0) is 47.7 Å². The van der Waals surface area contributed by atoms with Crippen molar-refractivity contribution in [2.45, 2.75) is 38.8 Å². The van der Waals surface area contributed by atoms with E-state index in [1.165, 1.54) is 22.3 Å². The SMILES string of the molecule is CC(C)Oc1nc(Cl)nc2c1CN(C(=O)OCC1c3ccccc3-c3ccccc31)CC2. The van der Waals surface area contributed by atoms with Crippen LogP contribution in [-0.2, 0) is 17.7 Å². The molecule has 164 valence electrons. The molecule has 7 heteroatoms. The Balaban J connectivity index is 1.32. The number of fused-ring (bicyclic) bond motifs is 4. The van der Waals surface area contributed by atoms with E-state index in [1.807, 2.05) is 38.1 Å². The number of amides is 1. The zero-order valence-corrected chi connectivity index (χ0v) is 18.8. The lowest BCUT2D eigenvalue weighted by Gasteiger charge is -2.29. The van der Waals surface area contributed by atoms with Crippen molar-refractivity contribution in [2.75, 3.05) is 13.2 Å². The van der Waals surface area contributed by atoms with Crippen LogP contribution >= 0.6 is 11.6 Å². The van der Waals surface area contributed by atoms with E-state index in [0.717, 1.165) is 11.3 Å². The monoisotopic (exact) mass is 449 g/mol. The molecule has 1 aliphatic heterocycles. The van der Waals surface area contributed by atoms with Crippen LogP contribution < -0.4 is 4.74 Å². The van der Waals surface area contributed by atoms with Gasteiger partial charge in [0.15, 0.2) is 0 Å². The van der Waals surface area contributed by atoms with E-state index in [0.29, 0.717) is 32.0 Å². The molecule has 5 rings (SSSR count). The summed E-state index contributed by atoms with van der Waals surface area (Å²) in [5.74, 6) is 0.469. The molecule has 3 aromatic rings. The molecule has 6 nitrogen and oxygen atoms in total. The Morgan fingerprint density at radius 2 is 1.75 bits per heavy atom. The second-order valence-electron chi connectivity index (χ2n) is 8.37. The van der Waals surface area contributed by atoms with Gasteiger partial charge in [0.2, 0.25) is 11.2 Å². The van der Waals surface area contributed by atoms with Gasteiger partial charge in [0.05, 0.1) is 23.9 Å². The third kappa shape index (κ3) is 3.79. The molecule has 0 radical (unpaired) electrons. The minimum absolute atomic E-state index is 0.0328. The van der Waals surface area contributed by atoms with Crippen molar-refractivity contribution in [2.24, 2.45) is 0 Å². The van der Waals surface area contributed by atoms with E-state index >= 15 is 0 Å². The van der Waals surface area contributed by atoms with Crippen LogP contribution in [0.2, 0.25) is 5.28 Å². The zero-order chi connectivity index (χ0) is 22.2. The number of carbonyl (C=O) groups excluding carboxylic acids is 1. The van der Waals surface area contributed by atoms with Crippen LogP contribution in [0.1, 0.15) is 42.1 Å². The number of halogens is 1. The topological polar surface area (TPSA) is 64.6 Å². The molecule has 0 saturated carbocycles. The molecule has 2 heterocycles. The predicted molar refractivity (Wildman–Crippen MR) is 122 cm³/mol. The van der Waals surface area contributed by atoms with Crippen LogP contribution in [0.15, 0.2) is 48.5 Å². The average molecular weight is 450 g/mol. The Labute approximate surface area is 192 Å². The molecule has 32 heavy (non-hydrogen) atoms. The van der Waals surface area contributed by atoms with Crippen molar-refractivity contribution in [3.63, 3.8) is 0 Å². The number of nitrogens with zero attached hydrogens (tertiary/aromatic N) is 3. The first-order chi connectivity index (χ1) is 15.5. The highest BCUT2D eigenvalue weighted by Gasteiger charge is 2.31. The van der Waals surface area contributed by atoms with Gasteiger partial charge in [-0.25, -0.2) is 9.78 Å². The van der Waals surface area contributed by atoms with Crippen LogP contribution in [0.25, 0.3) is 11.1 Å². The molecule has 1 aliphatic carbocycles. The lowest BCUT2D eigenvalue weighted by Crippen LogP contribution is -2.37. The van der Waals surface area contributed by atoms with Gasteiger partial charge in [-0.15, -0.1) is 0 Å². The normalized spacial score (nSPS) is 14.7. The number of hydrogen-bond acceptors (Lipinski definition) is 5. The van der Waals surface area contributed by atoms with Gasteiger partial charge in [0.25, 0.3) is 0 Å². The number of aromatic nitrogens is 2. The first-order valence-electron chi connectivity index (χ1n) is 10.8. The smallest absolute Gasteiger partial charge is 0.410 e. The third-order valence-electron chi connectivity index (χ3n) is 5.94. The molecule has 1 aromatic heterocycles. The summed E-state index contributed by atoms with van der Waals surface area (Å²) >= 11 is 6.06. The Kier molecular flexibility index (Phi) is 5.47. The quantitative estimate of drug-likeness (QED) is 0.510. The zero-order valence-electron chi connectivity index (χ0n) is 18.0. The standard InChI is InChI=1S/C25H24ClN3O3/c1-15(2)32-23-20-13-29(12-11-22(20)27-24(26)28-23)25(30)31-14-21-18-9-5-3-7-16(18)17-8-4-6-10-19(17)21/h3-10,15,21H,11-14H2,1-2H3. The highest BCUT2D eigenvalue weighted by Crippen LogP contribution is 2.44. The molecule has 2 aromatic carbocycles. The fourth-order valence-corrected chi connectivity index (χ4v) is 4.70. The number of rotatable bonds is 4. The summed E-state index contributed by atoms with van der Waals surface area (Å²) in [4.78, 5) is 23.2. The lowest BCUT2D eigenvalue weighted by atomic mass is 9.98. The molecule has 0 fully saturated rings. The van der Waals surface area contributed by atoms with Gasteiger partial charge < -0.3 is 14.4 Å². The summed E-state index contributed by atoms with van der Waals surface area (Å²) < 4.78 is 11.6. The summed E-state index contributed by atoms with van der Waals surface area (Å²) in [6.07, 6.45) is 0.175. The van der Waals surface area contributed by atoms with Gasteiger partial charge in [-0.1, -0.05) is 48.5 Å². The maximum absolute atomic E-state index is 13.0. The molecule has 0 unspecified atom stereocenters. The molecular weight excluding hydrogens is 426 g/mol. The van der Waals surface area contributed by atoms with Crippen molar-refractivity contribution >= 4 is 17.7 Å². The number of hydrogen-bond donors (Lipinski definition) is 0. The van der Waals surface area contributed by atoms with E-state index in [1.54, 1.807) is 4.90 Å². The second kappa shape index (κ2) is 8.43. The van der Waals surface area contributed by atoms with Gasteiger partial charge >= 0.3 is 6.09 Å². The van der Waals surface area contributed by atoms with Gasteiger partial charge in [0, 0.05) is 18.9 Å². The fourth-order valence-electron chi connectivity index (χ4n) is 4.52. The summed E-state index contributed by atoms with van der Waals surface area (Å²) in [5.41, 5.74) is 6.43. The van der Waals surface area contributed by atoms with E-state index in [2.05, 4.69) is 34.2 Å². The van der Waals surface area contributed by atoms with Crippen molar-refractivity contribution in [3.8, 4) is 17.0 Å². The number of benzene rings is 2. The van der Waals surface area contributed by atoms with Gasteiger partial charge in [-0.2, -0.15) is 4.98 Å². The molecule has 0 spiro atoms. The van der Waals surface area contributed by atoms with Crippen molar-refractivity contribution in [3.05, 3.63) is 76.2 Å². The van der Waals surface area contributed by atoms with Crippen molar-refractivity contribution in [1.29, 1.82) is 0 Å². The van der Waals surface area contributed by atoms with Crippen molar-refractivity contribution < 1.29 is 14.3 Å². The molecular formula is C25H24ClN3O3. The molecule has 2 aliphatic rings. The van der Waals surface area contributed by atoms with Crippen LogP contribution in [0.5, 0.6) is 5.88 Å². The molecule has 0 atom stereocenters. The predicted octanol–water partition coefficient (Wildman–Crippen LogP) is 5.22. The Morgan fingerprint density at radius 3 is 2.41 bits per heavy atom. The van der Waals surface area contributed by atoms with E-state index in [9.17, 15) is 4.79 Å². The average Bonchev–Trinajstić information content (AvgIpc) is 3.10. The third-order valence-corrected chi connectivity index (χ3v) is 6.11. The van der Waals surface area contributed by atoms with E-state index in [-0.39, 0.29) is 23.4 Å². The Morgan fingerprint density at radius 1 is 1.09 bits per heavy atom. The van der Waals surface area contributed by atoms with E-state index in [4.69, 9.17) is 21.1 Å². The first kappa shape index (κ1) is 20.8. The summed E-state index contributed by atoms with van der Waals surface area (Å²) in [6, 6.07) is 16.6. The first-order valence-corrected chi connectivity index (χ1v) is 11.2. The highest BCUT2D eigenvalue weighted by atomic mass is 35.5. The summed E-state index contributed by atoms with van der Waals surface area (Å²) in [6.45, 7) is 5.00. The molecule has 0 bridgehead atoms. The number of ether oxygens (including phenoxy) is 2. The summed E-state index contributed by atoms with van der Waals surface area (Å²) in [5, 5.41) is 0.161. The van der Waals surface area contributed by atoms with E-state index < -0.39 is 0 Å². The van der Waals surface area contributed by atoms with Crippen LogP contribution in [-0.4, -0.2) is 40.2 Å². The van der Waals surface area contributed by atoms with Crippen LogP contribution in [0.3, 0.4) is 0 Å². The Hall–Kier alpha value is -3.12. The molecule has 0 saturated heterocycles. The molecule has 0 N–H and O–H groups in total. The second-order valence-corrected chi connectivity index (χ2v) is 8.70. The van der Waals surface area contributed by atoms with Gasteiger partial charge in [0.1, 0.15) is 6.61 Å². The maximum Gasteiger partial charge on any atom is 0.410 e. The van der Waals surface area contributed by atoms with Gasteiger partial charge in [-0.3, -0.25) is 0 Å². The maximum atomic E-state index is 13.0. The minimum atomic E-state index is -0.344. The largest absolute Gasteiger partial charge is 0.475 e. The van der Waals surface area contributed by atoms with Crippen LogP contribution in [0.4, 0.5) is 4.79 Å². The molecule has 1 amide bonds. The summed E-state index contributed by atoms with van der Waals surface area (Å²) in [7, 11) is 0. The Bertz CT molecular complexity index is 1140. The lowest BCUT2D eigenvalue weighted by molar-refractivity contribution is 0.0941.